The second-order valence-electron chi connectivity index (χ2n) is 5.61. The summed E-state index contributed by atoms with van der Waals surface area (Å²) in [4.78, 5) is 2.55. The Morgan fingerprint density at radius 1 is 1.23 bits per heavy atom. The van der Waals surface area contributed by atoms with Crippen LogP contribution in [0.4, 0.5) is 5.82 Å². The molecule has 0 amide bonds. The van der Waals surface area contributed by atoms with Crippen LogP contribution in [-0.4, -0.2) is 16.3 Å². The Morgan fingerprint density at radius 2 is 2.09 bits per heavy atom. The molecule has 3 nitrogen and oxygen atoms in total. The maximum atomic E-state index is 6.08. The third-order valence-electron chi connectivity index (χ3n) is 4.01. The molecule has 0 saturated heterocycles. The second-order valence-corrected chi connectivity index (χ2v) is 7.33. The Bertz CT molecular complexity index is 863. The SMILES string of the molecule is Cc1ccc(-c2nn(-c3ccc(Cl)cc3C)c3c2CCN3)s1. The zero-order valence-corrected chi connectivity index (χ0v) is 14.1. The average molecular weight is 330 g/mol. The van der Waals surface area contributed by atoms with Crippen LogP contribution < -0.4 is 5.32 Å². The van der Waals surface area contributed by atoms with E-state index in [2.05, 4.69) is 31.3 Å². The van der Waals surface area contributed by atoms with Gasteiger partial charge in [-0.25, -0.2) is 4.68 Å². The van der Waals surface area contributed by atoms with Gasteiger partial charge in [0.1, 0.15) is 11.5 Å². The summed E-state index contributed by atoms with van der Waals surface area (Å²) < 4.78 is 2.03. The first-order chi connectivity index (χ1) is 10.6. The molecule has 1 aliphatic rings. The third kappa shape index (κ3) is 2.14. The van der Waals surface area contributed by atoms with Gasteiger partial charge in [0.25, 0.3) is 0 Å². The third-order valence-corrected chi connectivity index (χ3v) is 5.25. The first-order valence-electron chi connectivity index (χ1n) is 7.32. The predicted octanol–water partition coefficient (Wildman–Crippen LogP) is 4.84. The highest BCUT2D eigenvalue weighted by Gasteiger charge is 2.25. The minimum atomic E-state index is 0.757. The molecule has 0 bridgehead atoms. The summed E-state index contributed by atoms with van der Waals surface area (Å²) in [7, 11) is 0. The van der Waals surface area contributed by atoms with Gasteiger partial charge in [-0.15, -0.1) is 11.3 Å². The van der Waals surface area contributed by atoms with Crippen molar-refractivity contribution in [3.63, 3.8) is 0 Å². The van der Waals surface area contributed by atoms with Crippen LogP contribution in [-0.2, 0) is 6.42 Å². The van der Waals surface area contributed by atoms with Gasteiger partial charge in [0.2, 0.25) is 0 Å². The van der Waals surface area contributed by atoms with E-state index < -0.39 is 0 Å². The summed E-state index contributed by atoms with van der Waals surface area (Å²) in [5.74, 6) is 1.12. The Kier molecular flexibility index (Phi) is 3.24. The lowest BCUT2D eigenvalue weighted by Gasteiger charge is -2.09. The fourth-order valence-electron chi connectivity index (χ4n) is 2.97. The molecule has 0 aliphatic carbocycles. The highest BCUT2D eigenvalue weighted by atomic mass is 35.5. The van der Waals surface area contributed by atoms with Crippen LogP contribution in [0.15, 0.2) is 30.3 Å². The molecule has 4 rings (SSSR count). The number of aromatic nitrogens is 2. The quantitative estimate of drug-likeness (QED) is 0.729. The van der Waals surface area contributed by atoms with Crippen molar-refractivity contribution in [2.24, 2.45) is 0 Å². The van der Waals surface area contributed by atoms with Crippen LogP contribution in [0, 0.1) is 13.8 Å². The van der Waals surface area contributed by atoms with Crippen LogP contribution in [0.5, 0.6) is 0 Å². The summed E-state index contributed by atoms with van der Waals surface area (Å²) in [5.41, 5.74) is 4.62. The van der Waals surface area contributed by atoms with Crippen molar-refractivity contribution in [2.75, 3.05) is 11.9 Å². The Hall–Kier alpha value is -1.78. The number of hydrogen-bond donors (Lipinski definition) is 1. The highest BCUT2D eigenvalue weighted by molar-refractivity contribution is 7.15. The number of fused-ring (bicyclic) bond motifs is 1. The van der Waals surface area contributed by atoms with Crippen LogP contribution in [0.2, 0.25) is 5.02 Å². The van der Waals surface area contributed by atoms with E-state index in [1.165, 1.54) is 15.3 Å². The minimum absolute atomic E-state index is 0.757. The van der Waals surface area contributed by atoms with Gasteiger partial charge in [-0.1, -0.05) is 11.6 Å². The van der Waals surface area contributed by atoms with E-state index in [0.29, 0.717) is 0 Å². The molecule has 0 radical (unpaired) electrons. The van der Waals surface area contributed by atoms with Gasteiger partial charge in [0.05, 0.1) is 10.6 Å². The van der Waals surface area contributed by atoms with Crippen LogP contribution in [0.3, 0.4) is 0 Å². The molecular formula is C17H16ClN3S. The Labute approximate surface area is 138 Å². The summed E-state index contributed by atoms with van der Waals surface area (Å²) in [6, 6.07) is 10.3. The fourth-order valence-corrected chi connectivity index (χ4v) is 4.07. The van der Waals surface area contributed by atoms with E-state index in [0.717, 1.165) is 40.8 Å². The van der Waals surface area contributed by atoms with E-state index >= 15 is 0 Å². The van der Waals surface area contributed by atoms with Gasteiger partial charge in [0.15, 0.2) is 0 Å². The Balaban J connectivity index is 1.91. The van der Waals surface area contributed by atoms with Gasteiger partial charge < -0.3 is 5.32 Å². The normalized spacial score (nSPS) is 13.2. The van der Waals surface area contributed by atoms with Crippen molar-refractivity contribution >= 4 is 28.8 Å². The smallest absolute Gasteiger partial charge is 0.133 e. The van der Waals surface area contributed by atoms with E-state index in [4.69, 9.17) is 16.7 Å². The van der Waals surface area contributed by atoms with E-state index in [9.17, 15) is 0 Å². The van der Waals surface area contributed by atoms with Crippen LogP contribution >= 0.6 is 22.9 Å². The summed E-state index contributed by atoms with van der Waals surface area (Å²) >= 11 is 7.88. The maximum absolute atomic E-state index is 6.08. The number of aryl methyl sites for hydroxylation is 2. The first kappa shape index (κ1) is 13.9. The topological polar surface area (TPSA) is 29.9 Å². The maximum Gasteiger partial charge on any atom is 0.133 e. The van der Waals surface area contributed by atoms with Crippen molar-refractivity contribution in [2.45, 2.75) is 20.3 Å². The van der Waals surface area contributed by atoms with Gasteiger partial charge in [-0.2, -0.15) is 5.10 Å². The zero-order chi connectivity index (χ0) is 15.3. The zero-order valence-electron chi connectivity index (χ0n) is 12.5. The summed E-state index contributed by atoms with van der Waals surface area (Å²) in [5, 5.41) is 9.13. The highest BCUT2D eigenvalue weighted by Crippen LogP contribution is 2.38. The van der Waals surface area contributed by atoms with Gasteiger partial charge >= 0.3 is 0 Å². The lowest BCUT2D eigenvalue weighted by Crippen LogP contribution is -2.05. The molecule has 0 spiro atoms. The molecule has 0 fully saturated rings. The lowest BCUT2D eigenvalue weighted by molar-refractivity contribution is 0.876. The molecule has 1 aliphatic heterocycles. The van der Waals surface area contributed by atoms with Crippen molar-refractivity contribution in [3.8, 4) is 16.3 Å². The molecule has 22 heavy (non-hydrogen) atoms. The summed E-state index contributed by atoms with van der Waals surface area (Å²) in [6.07, 6.45) is 1.02. The largest absolute Gasteiger partial charge is 0.369 e. The number of thiophene rings is 1. The molecule has 2 aromatic heterocycles. The Morgan fingerprint density at radius 3 is 2.82 bits per heavy atom. The van der Waals surface area contributed by atoms with Crippen molar-refractivity contribution < 1.29 is 0 Å². The molecule has 0 atom stereocenters. The first-order valence-corrected chi connectivity index (χ1v) is 8.52. The number of rotatable bonds is 2. The van der Waals surface area contributed by atoms with Crippen LogP contribution in [0.1, 0.15) is 16.0 Å². The monoisotopic (exact) mass is 329 g/mol. The number of benzene rings is 1. The van der Waals surface area contributed by atoms with Gasteiger partial charge in [-0.3, -0.25) is 0 Å². The molecule has 3 aromatic rings. The summed E-state index contributed by atoms with van der Waals surface area (Å²) in [6.45, 7) is 5.17. The molecular weight excluding hydrogens is 314 g/mol. The molecule has 0 unspecified atom stereocenters. The molecule has 3 heterocycles. The minimum Gasteiger partial charge on any atom is -0.369 e. The van der Waals surface area contributed by atoms with Crippen molar-refractivity contribution in [1.82, 2.24) is 9.78 Å². The molecule has 1 N–H and O–H groups in total. The standard InChI is InChI=1S/C17H16ClN3S/c1-10-9-12(18)4-5-14(10)21-17-13(7-8-19-17)16(20-21)15-6-3-11(2)22-15/h3-6,9,19H,7-8H2,1-2H3. The molecule has 5 heteroatoms. The van der Waals surface area contributed by atoms with E-state index in [1.54, 1.807) is 11.3 Å². The molecule has 1 aromatic carbocycles. The van der Waals surface area contributed by atoms with Gasteiger partial charge in [-0.05, 0) is 56.2 Å². The molecule has 0 saturated carbocycles. The number of anilines is 1. The number of nitrogens with zero attached hydrogens (tertiary/aromatic N) is 2. The van der Waals surface area contributed by atoms with Crippen LogP contribution in [0.25, 0.3) is 16.3 Å². The number of hydrogen-bond acceptors (Lipinski definition) is 3. The average Bonchev–Trinajstić information content (AvgIpc) is 3.15. The number of nitrogens with one attached hydrogen (secondary N) is 1. The lowest BCUT2D eigenvalue weighted by atomic mass is 10.2. The van der Waals surface area contributed by atoms with Gasteiger partial charge in [0, 0.05) is 22.0 Å². The number of halogens is 1. The van der Waals surface area contributed by atoms with Crippen molar-refractivity contribution in [3.05, 3.63) is 51.4 Å². The van der Waals surface area contributed by atoms with E-state index in [1.807, 2.05) is 22.9 Å². The fraction of sp³-hybridized carbons (Fsp3) is 0.235. The van der Waals surface area contributed by atoms with E-state index in [-0.39, 0.29) is 0 Å². The predicted molar refractivity (Wildman–Crippen MR) is 93.6 cm³/mol. The second kappa shape index (κ2) is 5.14. The molecule has 112 valence electrons. The van der Waals surface area contributed by atoms with Crippen molar-refractivity contribution in [1.29, 1.82) is 0 Å².